The maximum atomic E-state index is 12.0. The normalized spacial score (nSPS) is 17.9. The third-order valence-electron chi connectivity index (χ3n) is 2.64. The number of nitrogens with zero attached hydrogens (tertiary/aromatic N) is 2. The summed E-state index contributed by atoms with van der Waals surface area (Å²) in [5, 5.41) is -0.0121. The maximum absolute atomic E-state index is 12.0. The summed E-state index contributed by atoms with van der Waals surface area (Å²) in [4.78, 5) is 4.00. The van der Waals surface area contributed by atoms with E-state index in [4.69, 9.17) is 18.0 Å². The Bertz CT molecular complexity index is 533. The van der Waals surface area contributed by atoms with Crippen LogP contribution in [-0.2, 0) is 17.1 Å². The molecule has 1 unspecified atom stereocenters. The van der Waals surface area contributed by atoms with Gasteiger partial charge in [-0.2, -0.15) is 4.72 Å². The fraction of sp³-hybridized carbons (Fsp3) is 0.556. The van der Waals surface area contributed by atoms with Gasteiger partial charge in [0.1, 0.15) is 0 Å². The van der Waals surface area contributed by atoms with Crippen molar-refractivity contribution < 1.29 is 8.42 Å². The van der Waals surface area contributed by atoms with Crippen molar-refractivity contribution in [3.8, 4) is 0 Å². The van der Waals surface area contributed by atoms with Crippen LogP contribution in [0.4, 0.5) is 0 Å². The number of hydrogen-bond donors (Lipinski definition) is 2. The summed E-state index contributed by atoms with van der Waals surface area (Å²) < 4.78 is 28.1. The number of imidazole rings is 1. The van der Waals surface area contributed by atoms with Crippen LogP contribution in [0.5, 0.6) is 0 Å². The van der Waals surface area contributed by atoms with Crippen molar-refractivity contribution in [2.75, 3.05) is 0 Å². The monoisotopic (exact) mass is 274 g/mol. The summed E-state index contributed by atoms with van der Waals surface area (Å²) >= 11 is 4.88. The summed E-state index contributed by atoms with van der Waals surface area (Å²) in [6, 6.07) is -0.461. The molecule has 0 amide bonds. The molecule has 94 valence electrons. The van der Waals surface area contributed by atoms with E-state index in [0.717, 1.165) is 12.8 Å². The Balaban J connectivity index is 2.18. The number of nitrogens with two attached hydrogens (primary N) is 1. The Hall–Kier alpha value is -0.990. The molecule has 0 spiro atoms. The van der Waals surface area contributed by atoms with Crippen molar-refractivity contribution in [3.05, 3.63) is 12.5 Å². The van der Waals surface area contributed by atoms with E-state index in [0.29, 0.717) is 0 Å². The Morgan fingerprint density at radius 1 is 1.71 bits per heavy atom. The number of sulfonamides is 1. The van der Waals surface area contributed by atoms with Crippen molar-refractivity contribution in [1.82, 2.24) is 14.3 Å². The van der Waals surface area contributed by atoms with E-state index in [1.54, 1.807) is 11.6 Å². The number of nitrogens with one attached hydrogen (secondary N) is 1. The van der Waals surface area contributed by atoms with Crippen LogP contribution in [0.2, 0.25) is 0 Å². The highest BCUT2D eigenvalue weighted by atomic mass is 32.2. The molecule has 1 aliphatic carbocycles. The van der Waals surface area contributed by atoms with Gasteiger partial charge in [-0.25, -0.2) is 13.4 Å². The lowest BCUT2D eigenvalue weighted by atomic mass is 10.2. The van der Waals surface area contributed by atoms with Gasteiger partial charge in [-0.05, 0) is 18.8 Å². The second-order valence-corrected chi connectivity index (χ2v) is 6.35. The fourth-order valence-electron chi connectivity index (χ4n) is 1.57. The standard InChI is InChI=1S/C9H14N4O2S2/c1-13-4-7(11-5-13)17(14,15)12-8(9(10)16)6-2-3-6/h4-6,8,12H,2-3H2,1H3,(H2,10,16). The van der Waals surface area contributed by atoms with E-state index in [9.17, 15) is 8.42 Å². The van der Waals surface area contributed by atoms with E-state index in [1.807, 2.05) is 0 Å². The molecule has 1 atom stereocenters. The Morgan fingerprint density at radius 2 is 2.35 bits per heavy atom. The zero-order valence-corrected chi connectivity index (χ0v) is 11.0. The van der Waals surface area contributed by atoms with E-state index in [1.165, 1.54) is 12.5 Å². The molecule has 0 bridgehead atoms. The highest BCUT2D eigenvalue weighted by Crippen LogP contribution is 2.33. The summed E-state index contributed by atoms with van der Waals surface area (Å²) in [6.07, 6.45) is 4.77. The number of aromatic nitrogens is 2. The van der Waals surface area contributed by atoms with Crippen LogP contribution in [0.15, 0.2) is 17.6 Å². The summed E-state index contributed by atoms with van der Waals surface area (Å²) in [6.45, 7) is 0. The van der Waals surface area contributed by atoms with Gasteiger partial charge in [-0.15, -0.1) is 0 Å². The minimum absolute atomic E-state index is 0.0121. The zero-order valence-electron chi connectivity index (χ0n) is 9.33. The number of rotatable bonds is 5. The van der Waals surface area contributed by atoms with Crippen molar-refractivity contribution in [3.63, 3.8) is 0 Å². The molecule has 8 heteroatoms. The Kier molecular flexibility index (Phi) is 3.19. The molecule has 1 aromatic rings. The molecule has 0 radical (unpaired) electrons. The van der Waals surface area contributed by atoms with E-state index >= 15 is 0 Å². The van der Waals surface area contributed by atoms with Crippen LogP contribution in [0.25, 0.3) is 0 Å². The van der Waals surface area contributed by atoms with Gasteiger partial charge >= 0.3 is 0 Å². The van der Waals surface area contributed by atoms with Crippen molar-refractivity contribution >= 4 is 27.2 Å². The second kappa shape index (κ2) is 4.35. The number of thiocarbonyl (C=S) groups is 1. The highest BCUT2D eigenvalue weighted by Gasteiger charge is 2.36. The molecule has 6 nitrogen and oxygen atoms in total. The molecule has 17 heavy (non-hydrogen) atoms. The van der Waals surface area contributed by atoms with Gasteiger partial charge in [0.2, 0.25) is 0 Å². The van der Waals surface area contributed by atoms with E-state index in [2.05, 4.69) is 9.71 Å². The number of aryl methyl sites for hydroxylation is 1. The summed E-state index contributed by atoms with van der Waals surface area (Å²) in [7, 11) is -1.93. The second-order valence-electron chi connectivity index (χ2n) is 4.22. The molecule has 0 aliphatic heterocycles. The van der Waals surface area contributed by atoms with Gasteiger partial charge in [-0.1, -0.05) is 12.2 Å². The molecule has 1 saturated carbocycles. The topological polar surface area (TPSA) is 90.0 Å². The lowest BCUT2D eigenvalue weighted by molar-refractivity contribution is 0.562. The predicted molar refractivity (Wildman–Crippen MR) is 66.8 cm³/mol. The minimum Gasteiger partial charge on any atom is -0.392 e. The predicted octanol–water partition coefficient (Wildman–Crippen LogP) is -0.237. The van der Waals surface area contributed by atoms with Crippen LogP contribution in [-0.4, -0.2) is 29.0 Å². The van der Waals surface area contributed by atoms with Crippen molar-refractivity contribution in [2.24, 2.45) is 18.7 Å². The van der Waals surface area contributed by atoms with Crippen LogP contribution >= 0.6 is 12.2 Å². The molecule has 1 aromatic heterocycles. The van der Waals surface area contributed by atoms with Gasteiger partial charge in [0.15, 0.2) is 5.03 Å². The van der Waals surface area contributed by atoms with Gasteiger partial charge in [-0.3, -0.25) is 0 Å². The third-order valence-corrected chi connectivity index (χ3v) is 4.22. The van der Waals surface area contributed by atoms with Gasteiger partial charge in [0, 0.05) is 13.2 Å². The summed E-state index contributed by atoms with van der Waals surface area (Å²) in [5.74, 6) is 0.228. The first-order chi connectivity index (χ1) is 7.90. The lowest BCUT2D eigenvalue weighted by Crippen LogP contribution is -2.45. The SMILES string of the molecule is Cn1cnc(S(=O)(=O)NC(C(N)=S)C2CC2)c1. The first kappa shape index (κ1) is 12.5. The smallest absolute Gasteiger partial charge is 0.260 e. The average molecular weight is 274 g/mol. The minimum atomic E-state index is -3.64. The zero-order chi connectivity index (χ0) is 12.6. The fourth-order valence-corrected chi connectivity index (χ4v) is 3.16. The van der Waals surface area contributed by atoms with Crippen LogP contribution in [0.3, 0.4) is 0 Å². The molecule has 0 saturated heterocycles. The van der Waals surface area contributed by atoms with Crippen molar-refractivity contribution in [2.45, 2.75) is 23.9 Å². The molecule has 2 rings (SSSR count). The molecule has 0 aromatic carbocycles. The largest absolute Gasteiger partial charge is 0.392 e. The van der Waals surface area contributed by atoms with Gasteiger partial charge in [0.25, 0.3) is 10.0 Å². The van der Waals surface area contributed by atoms with E-state index < -0.39 is 16.1 Å². The number of hydrogen-bond acceptors (Lipinski definition) is 4. The molecule has 1 aliphatic rings. The average Bonchev–Trinajstić information content (AvgIpc) is 2.96. The molecular formula is C9H14N4O2S2. The molecule has 1 fully saturated rings. The third kappa shape index (κ3) is 2.82. The van der Waals surface area contributed by atoms with E-state index in [-0.39, 0.29) is 15.9 Å². The highest BCUT2D eigenvalue weighted by molar-refractivity contribution is 7.89. The first-order valence-electron chi connectivity index (χ1n) is 5.20. The first-order valence-corrected chi connectivity index (χ1v) is 7.09. The lowest BCUT2D eigenvalue weighted by Gasteiger charge is -2.15. The Morgan fingerprint density at radius 3 is 2.76 bits per heavy atom. The quantitative estimate of drug-likeness (QED) is 0.723. The van der Waals surface area contributed by atoms with Gasteiger partial charge < -0.3 is 10.3 Å². The van der Waals surface area contributed by atoms with Crippen LogP contribution in [0, 0.1) is 5.92 Å². The van der Waals surface area contributed by atoms with Gasteiger partial charge in [0.05, 0.1) is 17.4 Å². The Labute approximate surface area is 105 Å². The van der Waals surface area contributed by atoms with Crippen LogP contribution < -0.4 is 10.5 Å². The molecular weight excluding hydrogens is 260 g/mol. The van der Waals surface area contributed by atoms with Crippen LogP contribution in [0.1, 0.15) is 12.8 Å². The molecule has 1 heterocycles. The molecule has 3 N–H and O–H groups in total. The maximum Gasteiger partial charge on any atom is 0.260 e. The van der Waals surface area contributed by atoms with Crippen molar-refractivity contribution in [1.29, 1.82) is 0 Å². The summed E-state index contributed by atoms with van der Waals surface area (Å²) in [5.41, 5.74) is 5.55.